The van der Waals surface area contributed by atoms with Crippen LogP contribution in [0.1, 0.15) is 18.7 Å². The molecule has 4 heterocycles. The van der Waals surface area contributed by atoms with Gasteiger partial charge in [0, 0.05) is 32.0 Å². The Hall–Kier alpha value is -2.79. The third-order valence-corrected chi connectivity index (χ3v) is 5.33. The molecule has 29 heavy (non-hydrogen) atoms. The quantitative estimate of drug-likeness (QED) is 0.701. The zero-order valence-electron chi connectivity index (χ0n) is 15.8. The standard InChI is InChI=1S/C18H20F2N6O3/c1-27-10-3-2-7-25(9-10)8-6-13-22-16-11-4-5-12-15(29-18(19,20)28-12)14(11)23-17(21)26(16)24-13/h4-5,10H,2-3,6-9H2,1H3,(H2,21,23). The van der Waals surface area contributed by atoms with E-state index in [4.69, 9.17) is 10.5 Å². The van der Waals surface area contributed by atoms with E-state index in [0.29, 0.717) is 23.3 Å². The van der Waals surface area contributed by atoms with Gasteiger partial charge in [-0.2, -0.15) is 4.52 Å². The number of anilines is 1. The number of aromatic nitrogens is 4. The van der Waals surface area contributed by atoms with E-state index >= 15 is 0 Å². The van der Waals surface area contributed by atoms with E-state index in [2.05, 4.69) is 29.4 Å². The summed E-state index contributed by atoms with van der Waals surface area (Å²) in [4.78, 5) is 11.1. The lowest BCUT2D eigenvalue weighted by atomic mass is 10.1. The number of rotatable bonds is 4. The molecule has 2 aliphatic rings. The number of alkyl halides is 2. The van der Waals surface area contributed by atoms with Crippen LogP contribution in [0.25, 0.3) is 16.6 Å². The van der Waals surface area contributed by atoms with Gasteiger partial charge >= 0.3 is 6.29 Å². The number of piperidine rings is 1. The first kappa shape index (κ1) is 18.3. The number of methoxy groups -OCH3 is 1. The molecule has 0 amide bonds. The lowest BCUT2D eigenvalue weighted by molar-refractivity contribution is -0.286. The van der Waals surface area contributed by atoms with Crippen molar-refractivity contribution in [3.05, 3.63) is 18.0 Å². The highest BCUT2D eigenvalue weighted by molar-refractivity contribution is 5.97. The van der Waals surface area contributed by atoms with E-state index < -0.39 is 6.29 Å². The lowest BCUT2D eigenvalue weighted by Crippen LogP contribution is -2.40. The van der Waals surface area contributed by atoms with Gasteiger partial charge in [0.1, 0.15) is 5.52 Å². The number of hydrogen-bond acceptors (Lipinski definition) is 8. The minimum atomic E-state index is -3.73. The van der Waals surface area contributed by atoms with Crippen molar-refractivity contribution in [1.82, 2.24) is 24.5 Å². The summed E-state index contributed by atoms with van der Waals surface area (Å²) in [6.07, 6.45) is -0.683. The van der Waals surface area contributed by atoms with Gasteiger partial charge in [0.2, 0.25) is 5.95 Å². The van der Waals surface area contributed by atoms with Gasteiger partial charge in [-0.15, -0.1) is 13.9 Å². The Labute approximate surface area is 164 Å². The highest BCUT2D eigenvalue weighted by Crippen LogP contribution is 2.45. The number of halogens is 2. The summed E-state index contributed by atoms with van der Waals surface area (Å²) in [6.45, 7) is 2.69. The smallest absolute Gasteiger partial charge is 0.395 e. The average Bonchev–Trinajstić information content (AvgIpc) is 3.27. The van der Waals surface area contributed by atoms with Crippen LogP contribution in [0.15, 0.2) is 12.1 Å². The van der Waals surface area contributed by atoms with Gasteiger partial charge in [0.05, 0.1) is 6.10 Å². The fourth-order valence-corrected chi connectivity index (χ4v) is 3.91. The first-order valence-corrected chi connectivity index (χ1v) is 9.42. The van der Waals surface area contributed by atoms with Gasteiger partial charge in [-0.05, 0) is 31.5 Å². The largest absolute Gasteiger partial charge is 0.586 e. The molecule has 0 bridgehead atoms. The summed E-state index contributed by atoms with van der Waals surface area (Å²) in [7, 11) is 1.74. The molecule has 5 rings (SSSR count). The molecule has 11 heteroatoms. The fourth-order valence-electron chi connectivity index (χ4n) is 3.91. The molecule has 2 aliphatic heterocycles. The van der Waals surface area contributed by atoms with E-state index in [1.54, 1.807) is 13.2 Å². The SMILES string of the molecule is COC1CCCN(CCc2nc3c4ccc5c(c4nc(N)n3n2)OC(F)(F)O5)C1. The van der Waals surface area contributed by atoms with Crippen LogP contribution >= 0.6 is 0 Å². The van der Waals surface area contributed by atoms with Crippen LogP contribution in [0.2, 0.25) is 0 Å². The Morgan fingerprint density at radius 3 is 3.00 bits per heavy atom. The van der Waals surface area contributed by atoms with Crippen LogP contribution in [-0.2, 0) is 11.2 Å². The predicted molar refractivity (Wildman–Crippen MR) is 99.1 cm³/mol. The van der Waals surface area contributed by atoms with Gasteiger partial charge in [0.15, 0.2) is 23.0 Å². The maximum absolute atomic E-state index is 13.5. The number of nitrogens with zero attached hydrogens (tertiary/aromatic N) is 5. The van der Waals surface area contributed by atoms with Crippen molar-refractivity contribution in [3.8, 4) is 11.5 Å². The third-order valence-electron chi connectivity index (χ3n) is 5.33. The molecule has 0 spiro atoms. The Morgan fingerprint density at radius 1 is 1.31 bits per heavy atom. The maximum Gasteiger partial charge on any atom is 0.586 e. The number of nitrogen functional groups attached to an aromatic ring is 1. The van der Waals surface area contributed by atoms with Crippen molar-refractivity contribution in [3.63, 3.8) is 0 Å². The van der Waals surface area contributed by atoms with Crippen LogP contribution in [0.5, 0.6) is 11.5 Å². The monoisotopic (exact) mass is 406 g/mol. The van der Waals surface area contributed by atoms with E-state index in [1.807, 2.05) is 0 Å². The van der Waals surface area contributed by atoms with Crippen molar-refractivity contribution in [2.45, 2.75) is 31.7 Å². The van der Waals surface area contributed by atoms with Crippen LogP contribution in [0.4, 0.5) is 14.7 Å². The molecule has 2 N–H and O–H groups in total. The number of fused-ring (bicyclic) bond motifs is 5. The molecule has 1 saturated heterocycles. The summed E-state index contributed by atoms with van der Waals surface area (Å²) < 4.78 is 42.9. The fraction of sp³-hybridized carbons (Fsp3) is 0.500. The third kappa shape index (κ3) is 3.19. The van der Waals surface area contributed by atoms with Crippen LogP contribution in [0.3, 0.4) is 0 Å². The second kappa shape index (κ2) is 6.63. The summed E-state index contributed by atoms with van der Waals surface area (Å²) in [6, 6.07) is 3.01. The second-order valence-electron chi connectivity index (χ2n) is 7.24. The minimum Gasteiger partial charge on any atom is -0.395 e. The first-order chi connectivity index (χ1) is 13.9. The zero-order chi connectivity index (χ0) is 20.2. The molecule has 0 aliphatic carbocycles. The molecule has 9 nitrogen and oxygen atoms in total. The van der Waals surface area contributed by atoms with Gasteiger partial charge in [-0.25, -0.2) is 9.97 Å². The highest BCUT2D eigenvalue weighted by atomic mass is 19.3. The van der Waals surface area contributed by atoms with Crippen molar-refractivity contribution < 1.29 is 23.0 Å². The molecule has 1 atom stereocenters. The molecule has 2 aromatic heterocycles. The summed E-state index contributed by atoms with van der Waals surface area (Å²) in [5.41, 5.74) is 6.62. The number of hydrogen-bond donors (Lipinski definition) is 1. The lowest BCUT2D eigenvalue weighted by Gasteiger charge is -2.31. The van der Waals surface area contributed by atoms with E-state index in [0.717, 1.165) is 32.5 Å². The van der Waals surface area contributed by atoms with Gasteiger partial charge < -0.3 is 24.8 Å². The molecule has 1 aromatic carbocycles. The zero-order valence-corrected chi connectivity index (χ0v) is 15.8. The molecular weight excluding hydrogens is 386 g/mol. The molecule has 0 radical (unpaired) electrons. The molecule has 0 saturated carbocycles. The van der Waals surface area contributed by atoms with E-state index in [1.165, 1.54) is 10.6 Å². The van der Waals surface area contributed by atoms with Crippen molar-refractivity contribution in [1.29, 1.82) is 0 Å². The topological polar surface area (TPSA) is 100 Å². The molecule has 1 unspecified atom stereocenters. The van der Waals surface area contributed by atoms with Gasteiger partial charge in [-0.1, -0.05) is 0 Å². The number of ether oxygens (including phenoxy) is 3. The van der Waals surface area contributed by atoms with Gasteiger partial charge in [0.25, 0.3) is 0 Å². The second-order valence-corrected chi connectivity index (χ2v) is 7.24. The Bertz CT molecular complexity index is 1090. The van der Waals surface area contributed by atoms with Crippen molar-refractivity contribution in [2.24, 2.45) is 0 Å². The predicted octanol–water partition coefficient (Wildman–Crippen LogP) is 1.83. The van der Waals surface area contributed by atoms with Crippen LogP contribution in [0, 0.1) is 0 Å². The Morgan fingerprint density at radius 2 is 2.17 bits per heavy atom. The molecule has 154 valence electrons. The Kier molecular flexibility index (Phi) is 4.17. The average molecular weight is 406 g/mol. The van der Waals surface area contributed by atoms with E-state index in [-0.39, 0.29) is 29.1 Å². The maximum atomic E-state index is 13.5. The summed E-state index contributed by atoms with van der Waals surface area (Å²) in [5, 5.41) is 4.96. The molecule has 1 fully saturated rings. The van der Waals surface area contributed by atoms with Crippen molar-refractivity contribution in [2.75, 3.05) is 32.5 Å². The highest BCUT2D eigenvalue weighted by Gasteiger charge is 2.44. The summed E-state index contributed by atoms with van der Waals surface area (Å²) >= 11 is 0. The van der Waals surface area contributed by atoms with E-state index in [9.17, 15) is 8.78 Å². The number of nitrogens with two attached hydrogens (primary N) is 1. The minimum absolute atomic E-state index is 0.0379. The van der Waals surface area contributed by atoms with Crippen LogP contribution < -0.4 is 15.2 Å². The van der Waals surface area contributed by atoms with Crippen molar-refractivity contribution >= 4 is 22.5 Å². The number of likely N-dealkylation sites (tertiary alicyclic amines) is 1. The Balaban J connectivity index is 1.46. The molecular formula is C18H20F2N6O3. The first-order valence-electron chi connectivity index (χ1n) is 9.42. The normalized spacial score (nSPS) is 21.3. The number of benzene rings is 1. The summed E-state index contributed by atoms with van der Waals surface area (Å²) in [5.74, 6) is 0.408. The molecule has 3 aromatic rings. The van der Waals surface area contributed by atoms with Crippen LogP contribution in [-0.4, -0.2) is 63.6 Å². The van der Waals surface area contributed by atoms with Gasteiger partial charge in [-0.3, -0.25) is 0 Å².